The van der Waals surface area contributed by atoms with Gasteiger partial charge in [-0.15, -0.1) is 0 Å². The predicted molar refractivity (Wildman–Crippen MR) is 47.5 cm³/mol. The molecule has 0 aliphatic rings. The molecule has 0 saturated carbocycles. The van der Waals surface area contributed by atoms with Crippen LogP contribution in [0, 0.1) is 0 Å². The molecule has 0 aromatic rings. The average molecular weight is 245 g/mol. The first kappa shape index (κ1) is 8.76. The van der Waals surface area contributed by atoms with E-state index in [1.807, 2.05) is 6.08 Å². The molecule has 0 heterocycles. The van der Waals surface area contributed by atoms with Gasteiger partial charge in [0.25, 0.3) is 0 Å². The highest BCUT2D eigenvalue weighted by Gasteiger charge is 1.81. The monoisotopic (exact) mass is 244 g/mol. The first-order chi connectivity index (χ1) is 3.77. The van der Waals surface area contributed by atoms with Crippen molar-refractivity contribution in [1.29, 1.82) is 0 Å². The molecule has 0 bridgehead atoms. The third kappa shape index (κ3) is 6.76. The van der Waals surface area contributed by atoms with E-state index < -0.39 is 0 Å². The summed E-state index contributed by atoms with van der Waals surface area (Å²) in [4.78, 5) is 0. The van der Waals surface area contributed by atoms with Crippen LogP contribution in [0.3, 0.4) is 0 Å². The molecule has 0 aliphatic heterocycles. The van der Waals surface area contributed by atoms with Gasteiger partial charge in [-0.05, 0) is 29.0 Å². The lowest BCUT2D eigenvalue weighted by atomic mass is 10.2. The van der Waals surface area contributed by atoms with Crippen LogP contribution in [0.15, 0.2) is 9.12 Å². The molecule has 0 spiro atoms. The molecule has 2 heteroatoms. The Bertz CT molecular complexity index is 74.6. The van der Waals surface area contributed by atoms with Crippen molar-refractivity contribution in [1.82, 2.24) is 0 Å². The minimum atomic E-state index is 0.885. The Morgan fingerprint density at radius 1 is 1.75 bits per heavy atom. The quantitative estimate of drug-likeness (QED) is 0.525. The van der Waals surface area contributed by atoms with Crippen LogP contribution in [-0.4, -0.2) is 0 Å². The fraction of sp³-hybridized carbons (Fsp3) is 0.667. The van der Waals surface area contributed by atoms with Crippen molar-refractivity contribution >= 4 is 34.2 Å². The van der Waals surface area contributed by atoms with Gasteiger partial charge in [-0.1, -0.05) is 37.4 Å². The summed E-state index contributed by atoms with van der Waals surface area (Å²) in [7, 11) is 0. The molecule has 48 valence electrons. The summed E-state index contributed by atoms with van der Waals surface area (Å²) >= 11 is 7.67. The third-order valence-corrected chi connectivity index (χ3v) is 1.45. The molecule has 0 fully saturated rings. The topological polar surface area (TPSA) is 0 Å². The Morgan fingerprint density at radius 3 is 2.75 bits per heavy atom. The molecule has 0 aliphatic carbocycles. The molecule has 0 N–H and O–H groups in total. The zero-order chi connectivity index (χ0) is 6.41. The molecular weight excluding hydrogens is 234 g/mol. The van der Waals surface area contributed by atoms with E-state index in [0.29, 0.717) is 0 Å². The largest absolute Gasteiger partial charge is 0.0775 e. The Kier molecular flexibility index (Phi) is 6.45. The zero-order valence-corrected chi connectivity index (χ0v) is 7.87. The van der Waals surface area contributed by atoms with Gasteiger partial charge in [0.1, 0.15) is 0 Å². The number of unbranched alkanes of at least 4 members (excludes halogenated alkanes) is 2. The molecule has 0 atom stereocenters. The van der Waals surface area contributed by atoms with Gasteiger partial charge in [0.15, 0.2) is 0 Å². The highest BCUT2D eigenvalue weighted by Crippen LogP contribution is 2.12. The molecule has 8 heavy (non-hydrogen) atoms. The van der Waals surface area contributed by atoms with E-state index in [1.54, 1.807) is 0 Å². The minimum absolute atomic E-state index is 0.885. The minimum Gasteiger partial charge on any atom is -0.0775 e. The molecule has 0 saturated heterocycles. The lowest BCUT2D eigenvalue weighted by Crippen LogP contribution is -1.65. The van der Waals surface area contributed by atoms with Gasteiger partial charge in [-0.25, -0.2) is 0 Å². The van der Waals surface area contributed by atoms with Crippen LogP contribution in [0.25, 0.3) is 0 Å². The molecule has 0 amide bonds. The maximum absolute atomic E-state index is 5.56. The number of hydrogen-bond acceptors (Lipinski definition) is 0. The standard InChI is InChI=1S/C6H10ClI/c1-2-3-4-5-6(7)8/h5H,2-4H2,1H3/b6-5-. The first-order valence-corrected chi connectivity index (χ1v) is 4.24. The maximum Gasteiger partial charge on any atom is 0.0749 e. The fourth-order valence-electron chi connectivity index (χ4n) is 0.415. The smallest absolute Gasteiger partial charge is 0.0749 e. The zero-order valence-electron chi connectivity index (χ0n) is 4.95. The summed E-state index contributed by atoms with van der Waals surface area (Å²) in [6, 6.07) is 0. The van der Waals surface area contributed by atoms with Crippen LogP contribution in [0.2, 0.25) is 0 Å². The number of halogens is 2. The van der Waals surface area contributed by atoms with E-state index >= 15 is 0 Å². The Labute approximate surface area is 69.4 Å². The van der Waals surface area contributed by atoms with Crippen molar-refractivity contribution in [3.63, 3.8) is 0 Å². The summed E-state index contributed by atoms with van der Waals surface area (Å²) in [5, 5.41) is 0. The summed E-state index contributed by atoms with van der Waals surface area (Å²) < 4.78 is 0.885. The highest BCUT2D eigenvalue weighted by atomic mass is 127. The fourth-order valence-corrected chi connectivity index (χ4v) is 0.836. The molecule has 0 aromatic carbocycles. The lowest BCUT2D eigenvalue weighted by molar-refractivity contribution is 0.815. The predicted octanol–water partition coefficient (Wildman–Crippen LogP) is 3.69. The van der Waals surface area contributed by atoms with Gasteiger partial charge in [0, 0.05) is 0 Å². The second-order valence-corrected chi connectivity index (χ2v) is 3.84. The van der Waals surface area contributed by atoms with Crippen LogP contribution in [0.4, 0.5) is 0 Å². The van der Waals surface area contributed by atoms with Crippen LogP contribution in [0.5, 0.6) is 0 Å². The Balaban J connectivity index is 3.03. The van der Waals surface area contributed by atoms with E-state index in [4.69, 9.17) is 11.6 Å². The third-order valence-electron chi connectivity index (χ3n) is 0.856. The first-order valence-electron chi connectivity index (χ1n) is 2.78. The van der Waals surface area contributed by atoms with Crippen LogP contribution in [-0.2, 0) is 0 Å². The molecule has 0 radical (unpaired) electrons. The van der Waals surface area contributed by atoms with Crippen molar-refractivity contribution in [3.8, 4) is 0 Å². The molecule has 0 aromatic heterocycles. The van der Waals surface area contributed by atoms with E-state index in [-0.39, 0.29) is 0 Å². The molecule has 0 rings (SSSR count). The Morgan fingerprint density at radius 2 is 2.38 bits per heavy atom. The number of allylic oxidation sites excluding steroid dienone is 1. The summed E-state index contributed by atoms with van der Waals surface area (Å²) in [5.74, 6) is 0. The van der Waals surface area contributed by atoms with Crippen LogP contribution in [0.1, 0.15) is 26.2 Å². The van der Waals surface area contributed by atoms with E-state index in [2.05, 4.69) is 29.5 Å². The van der Waals surface area contributed by atoms with Gasteiger partial charge in [-0.2, -0.15) is 0 Å². The van der Waals surface area contributed by atoms with Crippen LogP contribution < -0.4 is 0 Å². The maximum atomic E-state index is 5.56. The number of rotatable bonds is 3. The lowest BCUT2D eigenvalue weighted by Gasteiger charge is -1.86. The van der Waals surface area contributed by atoms with E-state index in [1.165, 1.54) is 12.8 Å². The summed E-state index contributed by atoms with van der Waals surface area (Å²) in [5.41, 5.74) is 0. The SMILES string of the molecule is CCCC/C=C(/Cl)I. The highest BCUT2D eigenvalue weighted by molar-refractivity contribution is 14.1. The van der Waals surface area contributed by atoms with Gasteiger partial charge >= 0.3 is 0 Å². The number of hydrogen-bond donors (Lipinski definition) is 0. The normalized spacial score (nSPS) is 12.1. The van der Waals surface area contributed by atoms with Crippen molar-refractivity contribution in [3.05, 3.63) is 9.12 Å². The van der Waals surface area contributed by atoms with Gasteiger partial charge in [-0.3, -0.25) is 0 Å². The molecule has 0 unspecified atom stereocenters. The molecule has 0 nitrogen and oxygen atoms in total. The van der Waals surface area contributed by atoms with Crippen molar-refractivity contribution in [2.75, 3.05) is 0 Å². The second-order valence-electron chi connectivity index (χ2n) is 1.64. The molecular formula is C6H10ClI. The van der Waals surface area contributed by atoms with E-state index in [9.17, 15) is 0 Å². The second kappa shape index (κ2) is 5.89. The van der Waals surface area contributed by atoms with Gasteiger partial charge in [0.2, 0.25) is 0 Å². The summed E-state index contributed by atoms with van der Waals surface area (Å²) in [6.45, 7) is 2.18. The van der Waals surface area contributed by atoms with Gasteiger partial charge < -0.3 is 0 Å². The van der Waals surface area contributed by atoms with Crippen LogP contribution >= 0.6 is 34.2 Å². The van der Waals surface area contributed by atoms with E-state index in [0.717, 1.165) is 9.46 Å². The van der Waals surface area contributed by atoms with Crippen molar-refractivity contribution < 1.29 is 0 Å². The van der Waals surface area contributed by atoms with Gasteiger partial charge in [0.05, 0.1) is 3.04 Å². The Hall–Kier alpha value is 0.760. The van der Waals surface area contributed by atoms with Crippen molar-refractivity contribution in [2.45, 2.75) is 26.2 Å². The average Bonchev–Trinajstić information content (AvgIpc) is 1.66. The summed E-state index contributed by atoms with van der Waals surface area (Å²) in [6.07, 6.45) is 5.67. The van der Waals surface area contributed by atoms with Crippen molar-refractivity contribution in [2.24, 2.45) is 0 Å².